The lowest BCUT2D eigenvalue weighted by Crippen LogP contribution is -2.47. The summed E-state index contributed by atoms with van der Waals surface area (Å²) in [5, 5.41) is 8.33. The molecule has 3 aromatic carbocycles. The van der Waals surface area contributed by atoms with Crippen molar-refractivity contribution in [3.63, 3.8) is 0 Å². The summed E-state index contributed by atoms with van der Waals surface area (Å²) in [5.41, 5.74) is 3.07. The first-order valence-corrected chi connectivity index (χ1v) is 13.4. The number of carbonyl (C=O) groups excluding carboxylic acids is 2. The van der Waals surface area contributed by atoms with Gasteiger partial charge in [-0.2, -0.15) is 0 Å². The molecule has 4 rings (SSSR count). The van der Waals surface area contributed by atoms with E-state index in [1.54, 1.807) is 25.3 Å². The van der Waals surface area contributed by atoms with Gasteiger partial charge in [-0.05, 0) is 61.9 Å². The zero-order chi connectivity index (χ0) is 28.3. The van der Waals surface area contributed by atoms with Crippen LogP contribution in [0.2, 0.25) is 0 Å². The molecule has 40 heavy (non-hydrogen) atoms. The van der Waals surface area contributed by atoms with Crippen LogP contribution in [0.25, 0.3) is 0 Å². The van der Waals surface area contributed by atoms with Crippen molar-refractivity contribution in [2.45, 2.75) is 13.3 Å². The third-order valence-corrected chi connectivity index (χ3v) is 6.58. The summed E-state index contributed by atoms with van der Waals surface area (Å²) in [6, 6.07) is 18.3. The Bertz CT molecular complexity index is 1300. The maximum atomic E-state index is 13.5. The van der Waals surface area contributed by atoms with Crippen molar-refractivity contribution in [2.24, 2.45) is 0 Å². The Morgan fingerprint density at radius 1 is 0.875 bits per heavy atom. The van der Waals surface area contributed by atoms with Crippen LogP contribution in [0.15, 0.2) is 66.7 Å². The number of anilines is 4. The van der Waals surface area contributed by atoms with Gasteiger partial charge in [0.2, 0.25) is 0 Å². The standard InChI is InChI=1S/C30H36FN5O4/c1-3-40-19-7-14-32-29(37)25-21-24(34-30(38)33-23-9-6-8-22(31)20-23)12-13-26(25)35-15-17-36(18-16-35)27-10-4-5-11-28(27)39-2/h4-6,8-13,20-21H,3,7,14-19H2,1-2H3,(H,32,37)(H2,33,34,38). The number of methoxy groups -OCH3 is 1. The van der Waals surface area contributed by atoms with Crippen LogP contribution in [0.3, 0.4) is 0 Å². The molecule has 9 nitrogen and oxygen atoms in total. The minimum absolute atomic E-state index is 0.229. The maximum Gasteiger partial charge on any atom is 0.323 e. The fourth-order valence-corrected chi connectivity index (χ4v) is 4.63. The topological polar surface area (TPSA) is 95.2 Å². The van der Waals surface area contributed by atoms with Crippen molar-refractivity contribution in [3.05, 3.63) is 78.1 Å². The number of benzene rings is 3. The number of hydrogen-bond donors (Lipinski definition) is 3. The minimum Gasteiger partial charge on any atom is -0.495 e. The highest BCUT2D eigenvalue weighted by Gasteiger charge is 2.24. The van der Waals surface area contributed by atoms with Gasteiger partial charge >= 0.3 is 6.03 Å². The highest BCUT2D eigenvalue weighted by Crippen LogP contribution is 2.31. The molecule has 0 saturated carbocycles. The number of piperazine rings is 1. The van der Waals surface area contributed by atoms with Crippen LogP contribution in [0.1, 0.15) is 23.7 Å². The molecular formula is C30H36FN5O4. The molecule has 0 radical (unpaired) electrons. The van der Waals surface area contributed by atoms with E-state index in [9.17, 15) is 14.0 Å². The number of carbonyl (C=O) groups is 2. The summed E-state index contributed by atoms with van der Waals surface area (Å²) in [4.78, 5) is 30.3. The molecule has 212 valence electrons. The van der Waals surface area contributed by atoms with Crippen molar-refractivity contribution < 1.29 is 23.5 Å². The monoisotopic (exact) mass is 549 g/mol. The highest BCUT2D eigenvalue weighted by atomic mass is 19.1. The van der Waals surface area contributed by atoms with Gasteiger partial charge in [0.1, 0.15) is 11.6 Å². The summed E-state index contributed by atoms with van der Waals surface area (Å²) in [6.07, 6.45) is 0.695. The Hall–Kier alpha value is -4.31. The number of nitrogens with zero attached hydrogens (tertiary/aromatic N) is 2. The molecule has 1 heterocycles. The predicted octanol–water partition coefficient (Wildman–Crippen LogP) is 4.96. The van der Waals surface area contributed by atoms with E-state index in [4.69, 9.17) is 9.47 Å². The zero-order valence-electron chi connectivity index (χ0n) is 22.9. The fraction of sp³-hybridized carbons (Fsp3) is 0.333. The van der Waals surface area contributed by atoms with Gasteiger partial charge in [0, 0.05) is 63.0 Å². The molecule has 1 fully saturated rings. The molecule has 0 aliphatic carbocycles. The smallest absolute Gasteiger partial charge is 0.323 e. The van der Waals surface area contributed by atoms with Gasteiger partial charge in [0.15, 0.2) is 0 Å². The number of ether oxygens (including phenoxy) is 2. The van der Waals surface area contributed by atoms with Crippen molar-refractivity contribution >= 4 is 34.7 Å². The number of amides is 3. The van der Waals surface area contributed by atoms with Crippen LogP contribution < -0.4 is 30.5 Å². The van der Waals surface area contributed by atoms with E-state index in [0.717, 1.165) is 30.2 Å². The highest BCUT2D eigenvalue weighted by molar-refractivity contribution is 6.04. The van der Waals surface area contributed by atoms with Crippen molar-refractivity contribution in [3.8, 4) is 5.75 Å². The minimum atomic E-state index is -0.535. The molecule has 0 aromatic heterocycles. The van der Waals surface area contributed by atoms with Gasteiger partial charge in [-0.3, -0.25) is 4.79 Å². The predicted molar refractivity (Wildman–Crippen MR) is 156 cm³/mol. The quantitative estimate of drug-likeness (QED) is 0.293. The van der Waals surface area contributed by atoms with Gasteiger partial charge in [0.05, 0.1) is 18.4 Å². The Morgan fingerprint density at radius 2 is 1.57 bits per heavy atom. The van der Waals surface area contributed by atoms with Crippen molar-refractivity contribution in [1.82, 2.24) is 5.32 Å². The van der Waals surface area contributed by atoms with E-state index < -0.39 is 11.8 Å². The average Bonchev–Trinajstić information content (AvgIpc) is 2.97. The molecule has 0 atom stereocenters. The molecule has 3 N–H and O–H groups in total. The van der Waals surface area contributed by atoms with Gasteiger partial charge in [-0.15, -0.1) is 0 Å². The summed E-state index contributed by atoms with van der Waals surface area (Å²) < 4.78 is 24.4. The van der Waals surface area contributed by atoms with Gasteiger partial charge in [-0.25, -0.2) is 9.18 Å². The van der Waals surface area contributed by atoms with E-state index >= 15 is 0 Å². The molecule has 3 amide bonds. The van der Waals surface area contributed by atoms with Crippen LogP contribution in [-0.4, -0.2) is 65.0 Å². The van der Waals surface area contributed by atoms with Crippen LogP contribution >= 0.6 is 0 Å². The van der Waals surface area contributed by atoms with Gasteiger partial charge in [0.25, 0.3) is 5.91 Å². The number of para-hydroxylation sites is 2. The van der Waals surface area contributed by atoms with Gasteiger partial charge < -0.3 is 35.2 Å². The van der Waals surface area contributed by atoms with Crippen LogP contribution in [-0.2, 0) is 4.74 Å². The first-order valence-electron chi connectivity index (χ1n) is 13.4. The second-order valence-corrected chi connectivity index (χ2v) is 9.27. The molecule has 1 aliphatic rings. The number of nitrogens with one attached hydrogen (secondary N) is 3. The van der Waals surface area contributed by atoms with E-state index in [0.29, 0.717) is 56.2 Å². The maximum absolute atomic E-state index is 13.5. The number of rotatable bonds is 11. The molecular weight excluding hydrogens is 513 g/mol. The van der Waals surface area contributed by atoms with E-state index in [2.05, 4.69) is 25.8 Å². The molecule has 0 spiro atoms. The lowest BCUT2D eigenvalue weighted by molar-refractivity contribution is 0.0944. The van der Waals surface area contributed by atoms with Crippen molar-refractivity contribution in [2.75, 3.05) is 73.5 Å². The first kappa shape index (κ1) is 28.7. The Balaban J connectivity index is 1.48. The Kier molecular flexibility index (Phi) is 10.2. The lowest BCUT2D eigenvalue weighted by Gasteiger charge is -2.38. The third kappa shape index (κ3) is 7.63. The molecule has 1 saturated heterocycles. The first-order chi connectivity index (χ1) is 19.5. The third-order valence-electron chi connectivity index (χ3n) is 6.58. The van der Waals surface area contributed by atoms with Crippen molar-refractivity contribution in [1.29, 1.82) is 0 Å². The molecule has 10 heteroatoms. The molecule has 3 aromatic rings. The second kappa shape index (κ2) is 14.2. The largest absolute Gasteiger partial charge is 0.495 e. The summed E-state index contributed by atoms with van der Waals surface area (Å²) in [7, 11) is 1.67. The van der Waals surface area contributed by atoms with Crippen LogP contribution in [0.4, 0.5) is 31.9 Å². The number of halogens is 1. The Morgan fingerprint density at radius 3 is 2.27 bits per heavy atom. The average molecular weight is 550 g/mol. The number of hydrogen-bond acceptors (Lipinski definition) is 6. The SMILES string of the molecule is CCOCCCNC(=O)c1cc(NC(=O)Nc2cccc(F)c2)ccc1N1CCN(c2ccccc2OC)CC1. The van der Waals surface area contributed by atoms with E-state index in [1.807, 2.05) is 37.3 Å². The molecule has 1 aliphatic heterocycles. The molecule has 0 unspecified atom stereocenters. The van der Waals surface area contributed by atoms with Gasteiger partial charge in [-0.1, -0.05) is 18.2 Å². The fourth-order valence-electron chi connectivity index (χ4n) is 4.63. The van der Waals surface area contributed by atoms with E-state index in [1.165, 1.54) is 18.2 Å². The zero-order valence-corrected chi connectivity index (χ0v) is 22.9. The van der Waals surface area contributed by atoms with Crippen LogP contribution in [0, 0.1) is 5.82 Å². The summed E-state index contributed by atoms with van der Waals surface area (Å²) >= 11 is 0. The summed E-state index contributed by atoms with van der Waals surface area (Å²) in [6.45, 7) is 6.52. The van der Waals surface area contributed by atoms with Crippen LogP contribution in [0.5, 0.6) is 5.75 Å². The number of urea groups is 1. The summed E-state index contributed by atoms with van der Waals surface area (Å²) in [5.74, 6) is 0.152. The van der Waals surface area contributed by atoms with E-state index in [-0.39, 0.29) is 5.91 Å². The second-order valence-electron chi connectivity index (χ2n) is 9.27. The molecule has 0 bridgehead atoms. The normalized spacial score (nSPS) is 13.1. The Labute approximate surface area is 234 Å². The lowest BCUT2D eigenvalue weighted by atomic mass is 10.1.